The van der Waals surface area contributed by atoms with Crippen LogP contribution in [-0.2, 0) is 11.2 Å². The molecule has 0 aliphatic carbocycles. The first-order valence-corrected chi connectivity index (χ1v) is 10.9. The van der Waals surface area contributed by atoms with Gasteiger partial charge in [0.1, 0.15) is 0 Å². The van der Waals surface area contributed by atoms with Crippen LogP contribution in [0.1, 0.15) is 30.5 Å². The molecule has 0 bridgehead atoms. The Labute approximate surface area is 183 Å². The number of fused-ring (bicyclic) bond motifs is 2. The van der Waals surface area contributed by atoms with Crippen molar-refractivity contribution in [3.8, 4) is 0 Å². The van der Waals surface area contributed by atoms with Gasteiger partial charge in [0.05, 0.1) is 12.5 Å². The summed E-state index contributed by atoms with van der Waals surface area (Å²) >= 11 is 0. The Morgan fingerprint density at radius 2 is 1.58 bits per heavy atom. The van der Waals surface area contributed by atoms with E-state index in [0.29, 0.717) is 6.42 Å². The van der Waals surface area contributed by atoms with Crippen LogP contribution in [0.5, 0.6) is 0 Å². The van der Waals surface area contributed by atoms with E-state index >= 15 is 0 Å². The van der Waals surface area contributed by atoms with Gasteiger partial charge in [0.15, 0.2) is 0 Å². The van der Waals surface area contributed by atoms with Gasteiger partial charge < -0.3 is 10.2 Å². The standard InChI is InChI=1S/C28H26N2O/c1-20-18-26(29-23-13-3-2-4-14-23)25-16-7-8-17-27(25)30(20)28(31)19-22-12-9-11-21-10-5-6-15-24(21)22/h2-17,20,26,29H,18-19H2,1H3. The zero-order valence-corrected chi connectivity index (χ0v) is 17.7. The lowest BCUT2D eigenvalue weighted by atomic mass is 9.90. The van der Waals surface area contributed by atoms with Crippen LogP contribution in [0, 0.1) is 0 Å². The van der Waals surface area contributed by atoms with Crippen LogP contribution < -0.4 is 10.2 Å². The Kier molecular flexibility index (Phi) is 5.17. The first-order chi connectivity index (χ1) is 15.2. The summed E-state index contributed by atoms with van der Waals surface area (Å²) in [6.07, 6.45) is 1.27. The summed E-state index contributed by atoms with van der Waals surface area (Å²) in [4.78, 5) is 15.6. The van der Waals surface area contributed by atoms with E-state index in [1.807, 2.05) is 47.4 Å². The molecule has 0 saturated carbocycles. The van der Waals surface area contributed by atoms with Crippen molar-refractivity contribution in [1.29, 1.82) is 0 Å². The molecule has 0 fully saturated rings. The van der Waals surface area contributed by atoms with Crippen molar-refractivity contribution in [2.75, 3.05) is 10.2 Å². The summed E-state index contributed by atoms with van der Waals surface area (Å²) in [6.45, 7) is 2.15. The summed E-state index contributed by atoms with van der Waals surface area (Å²) in [7, 11) is 0. The molecular weight excluding hydrogens is 380 g/mol. The summed E-state index contributed by atoms with van der Waals surface area (Å²) in [5.74, 6) is 0.148. The highest BCUT2D eigenvalue weighted by Crippen LogP contribution is 2.39. The third-order valence-electron chi connectivity index (χ3n) is 6.19. The second kappa shape index (κ2) is 8.27. The summed E-state index contributed by atoms with van der Waals surface area (Å²) in [6, 6.07) is 33.4. The van der Waals surface area contributed by atoms with Crippen molar-refractivity contribution >= 4 is 28.1 Å². The molecule has 3 heteroatoms. The minimum absolute atomic E-state index is 0.110. The van der Waals surface area contributed by atoms with Gasteiger partial charge in [-0.15, -0.1) is 0 Å². The highest BCUT2D eigenvalue weighted by Gasteiger charge is 2.33. The van der Waals surface area contributed by atoms with Gasteiger partial charge in [0, 0.05) is 17.4 Å². The molecule has 0 saturated heterocycles. The summed E-state index contributed by atoms with van der Waals surface area (Å²) < 4.78 is 0. The maximum Gasteiger partial charge on any atom is 0.231 e. The van der Waals surface area contributed by atoms with Crippen LogP contribution in [-0.4, -0.2) is 11.9 Å². The zero-order chi connectivity index (χ0) is 21.2. The number of carbonyl (C=O) groups excluding carboxylic acids is 1. The van der Waals surface area contributed by atoms with Crippen LogP contribution in [0.4, 0.5) is 11.4 Å². The van der Waals surface area contributed by atoms with Gasteiger partial charge in [0.2, 0.25) is 5.91 Å². The van der Waals surface area contributed by atoms with Crippen LogP contribution in [0.2, 0.25) is 0 Å². The molecule has 1 heterocycles. The van der Waals surface area contributed by atoms with E-state index in [1.165, 1.54) is 10.9 Å². The fourth-order valence-electron chi connectivity index (χ4n) is 4.76. The second-order valence-electron chi connectivity index (χ2n) is 8.29. The normalized spacial score (nSPS) is 17.9. The predicted octanol–water partition coefficient (Wildman–Crippen LogP) is 6.36. The van der Waals surface area contributed by atoms with E-state index in [9.17, 15) is 4.79 Å². The van der Waals surface area contributed by atoms with Crippen LogP contribution in [0.15, 0.2) is 97.1 Å². The van der Waals surface area contributed by atoms with Crippen molar-refractivity contribution in [1.82, 2.24) is 0 Å². The van der Waals surface area contributed by atoms with E-state index in [4.69, 9.17) is 0 Å². The molecule has 2 unspecified atom stereocenters. The molecule has 0 spiro atoms. The Balaban J connectivity index is 1.45. The van der Waals surface area contributed by atoms with Crippen LogP contribution in [0.25, 0.3) is 10.8 Å². The van der Waals surface area contributed by atoms with Crippen molar-refractivity contribution in [2.45, 2.75) is 31.8 Å². The summed E-state index contributed by atoms with van der Waals surface area (Å²) in [5.41, 5.74) is 4.37. The lowest BCUT2D eigenvalue weighted by molar-refractivity contribution is -0.118. The minimum atomic E-state index is 0.110. The number of benzene rings is 4. The third-order valence-corrected chi connectivity index (χ3v) is 6.19. The highest BCUT2D eigenvalue weighted by atomic mass is 16.2. The molecule has 4 aromatic rings. The maximum atomic E-state index is 13.6. The van der Waals surface area contributed by atoms with E-state index in [1.54, 1.807) is 0 Å². The van der Waals surface area contributed by atoms with Gasteiger partial charge in [-0.3, -0.25) is 4.79 Å². The van der Waals surface area contributed by atoms with Gasteiger partial charge >= 0.3 is 0 Å². The molecule has 154 valence electrons. The van der Waals surface area contributed by atoms with Gasteiger partial charge in [-0.1, -0.05) is 78.9 Å². The minimum Gasteiger partial charge on any atom is -0.378 e. The molecule has 0 radical (unpaired) electrons. The van der Waals surface area contributed by atoms with Crippen molar-refractivity contribution < 1.29 is 4.79 Å². The van der Waals surface area contributed by atoms with Crippen molar-refractivity contribution in [2.24, 2.45) is 0 Å². The highest BCUT2D eigenvalue weighted by molar-refractivity contribution is 5.99. The molecule has 1 aliphatic rings. The Morgan fingerprint density at radius 1 is 0.871 bits per heavy atom. The first-order valence-electron chi connectivity index (χ1n) is 10.9. The quantitative estimate of drug-likeness (QED) is 0.428. The van der Waals surface area contributed by atoms with Gasteiger partial charge in [-0.25, -0.2) is 0 Å². The maximum absolute atomic E-state index is 13.6. The Bertz CT molecular complexity index is 1210. The average molecular weight is 407 g/mol. The number of anilines is 2. The van der Waals surface area contributed by atoms with Crippen molar-refractivity contribution in [3.05, 3.63) is 108 Å². The summed E-state index contributed by atoms with van der Waals surface area (Å²) in [5, 5.41) is 5.99. The number of para-hydroxylation sites is 2. The number of nitrogens with zero attached hydrogens (tertiary/aromatic N) is 1. The number of amides is 1. The molecule has 31 heavy (non-hydrogen) atoms. The SMILES string of the molecule is CC1CC(Nc2ccccc2)c2ccccc2N1C(=O)Cc1cccc2ccccc12. The molecule has 4 aromatic carbocycles. The van der Waals surface area contributed by atoms with Gasteiger partial charge in [-0.05, 0) is 53.4 Å². The average Bonchev–Trinajstić information content (AvgIpc) is 2.80. The van der Waals surface area contributed by atoms with E-state index in [2.05, 4.69) is 66.8 Å². The topological polar surface area (TPSA) is 32.3 Å². The molecule has 5 rings (SSSR count). The van der Waals surface area contributed by atoms with E-state index in [-0.39, 0.29) is 18.0 Å². The monoisotopic (exact) mass is 406 g/mol. The van der Waals surface area contributed by atoms with Gasteiger partial charge in [-0.2, -0.15) is 0 Å². The van der Waals surface area contributed by atoms with E-state index < -0.39 is 0 Å². The molecule has 3 nitrogen and oxygen atoms in total. The second-order valence-corrected chi connectivity index (χ2v) is 8.29. The predicted molar refractivity (Wildman–Crippen MR) is 128 cm³/mol. The fourth-order valence-corrected chi connectivity index (χ4v) is 4.76. The van der Waals surface area contributed by atoms with Crippen LogP contribution >= 0.6 is 0 Å². The number of carbonyl (C=O) groups is 1. The lowest BCUT2D eigenvalue weighted by Gasteiger charge is -2.40. The Morgan fingerprint density at radius 3 is 2.45 bits per heavy atom. The molecule has 1 amide bonds. The smallest absolute Gasteiger partial charge is 0.231 e. The zero-order valence-electron chi connectivity index (χ0n) is 17.7. The number of rotatable bonds is 4. The lowest BCUT2D eigenvalue weighted by Crippen LogP contribution is -2.45. The molecule has 2 atom stereocenters. The number of nitrogens with one attached hydrogen (secondary N) is 1. The number of hydrogen-bond donors (Lipinski definition) is 1. The first kappa shape index (κ1) is 19.4. The molecule has 1 N–H and O–H groups in total. The fraction of sp³-hybridized carbons (Fsp3) is 0.179. The molecular formula is C28H26N2O. The largest absolute Gasteiger partial charge is 0.378 e. The van der Waals surface area contributed by atoms with Crippen molar-refractivity contribution in [3.63, 3.8) is 0 Å². The van der Waals surface area contributed by atoms with Crippen LogP contribution in [0.3, 0.4) is 0 Å². The molecule has 1 aliphatic heterocycles. The number of hydrogen-bond acceptors (Lipinski definition) is 2. The third kappa shape index (κ3) is 3.79. The molecule has 0 aromatic heterocycles. The Hall–Kier alpha value is -3.59. The van der Waals surface area contributed by atoms with Gasteiger partial charge in [0.25, 0.3) is 0 Å². The van der Waals surface area contributed by atoms with E-state index in [0.717, 1.165) is 28.7 Å².